The van der Waals surface area contributed by atoms with Crippen LogP contribution in [0.5, 0.6) is 0 Å². The third-order valence-corrected chi connectivity index (χ3v) is 0.820. The SMILES string of the molecule is [C-]#[N+]C(=C)C(=O)OCC(=C)C. The summed E-state index contributed by atoms with van der Waals surface area (Å²) in [5.41, 5.74) is 0.530. The third kappa shape index (κ3) is 3.93. The van der Waals surface area contributed by atoms with Crippen LogP contribution in [-0.2, 0) is 9.53 Å². The molecule has 0 aromatic carbocycles. The summed E-state index contributed by atoms with van der Waals surface area (Å²) in [6.07, 6.45) is 0. The van der Waals surface area contributed by atoms with Crippen LogP contribution in [0.4, 0.5) is 0 Å². The molecule has 0 saturated heterocycles. The lowest BCUT2D eigenvalue weighted by Gasteiger charge is -2.00. The first-order valence-electron chi connectivity index (χ1n) is 2.95. The van der Waals surface area contributed by atoms with Crippen molar-refractivity contribution in [3.63, 3.8) is 0 Å². The van der Waals surface area contributed by atoms with Crippen molar-refractivity contribution in [2.45, 2.75) is 6.92 Å². The van der Waals surface area contributed by atoms with Crippen LogP contribution >= 0.6 is 0 Å². The third-order valence-electron chi connectivity index (χ3n) is 0.820. The van der Waals surface area contributed by atoms with E-state index in [4.69, 9.17) is 6.57 Å². The van der Waals surface area contributed by atoms with Gasteiger partial charge in [0.05, 0.1) is 6.57 Å². The predicted octanol–water partition coefficient (Wildman–Crippen LogP) is 1.54. The first-order valence-corrected chi connectivity index (χ1v) is 2.95. The number of carbonyl (C=O) groups is 1. The molecule has 0 fully saturated rings. The molecule has 0 bridgehead atoms. The molecule has 0 aromatic rings. The highest BCUT2D eigenvalue weighted by Gasteiger charge is 2.06. The Labute approximate surface area is 65.8 Å². The van der Waals surface area contributed by atoms with Crippen LogP contribution in [0, 0.1) is 6.57 Å². The molecule has 0 rings (SSSR count). The second kappa shape index (κ2) is 4.29. The van der Waals surface area contributed by atoms with Crippen molar-refractivity contribution in [2.75, 3.05) is 6.61 Å². The van der Waals surface area contributed by atoms with Crippen molar-refractivity contribution in [1.82, 2.24) is 0 Å². The van der Waals surface area contributed by atoms with E-state index in [2.05, 4.69) is 22.7 Å². The van der Waals surface area contributed by atoms with Gasteiger partial charge in [-0.1, -0.05) is 13.2 Å². The minimum atomic E-state index is -0.678. The lowest BCUT2D eigenvalue weighted by atomic mass is 10.4. The Morgan fingerprint density at radius 1 is 1.64 bits per heavy atom. The van der Waals surface area contributed by atoms with E-state index in [0.717, 1.165) is 5.57 Å². The van der Waals surface area contributed by atoms with Crippen LogP contribution in [0.15, 0.2) is 24.4 Å². The fourth-order valence-electron chi connectivity index (χ4n) is 0.318. The molecule has 0 amide bonds. The number of rotatable bonds is 3. The molecule has 0 spiro atoms. The van der Waals surface area contributed by atoms with E-state index in [-0.39, 0.29) is 12.3 Å². The van der Waals surface area contributed by atoms with Crippen LogP contribution in [-0.4, -0.2) is 12.6 Å². The summed E-state index contributed by atoms with van der Waals surface area (Å²) >= 11 is 0. The number of hydrogen-bond acceptors (Lipinski definition) is 2. The molecule has 0 aromatic heterocycles. The normalized spacial score (nSPS) is 8.00. The topological polar surface area (TPSA) is 30.7 Å². The summed E-state index contributed by atoms with van der Waals surface area (Å²) in [7, 11) is 0. The van der Waals surface area contributed by atoms with Gasteiger partial charge in [-0.05, 0) is 12.5 Å². The zero-order chi connectivity index (χ0) is 8.85. The maximum Gasteiger partial charge on any atom is 0.335 e. The molecule has 11 heavy (non-hydrogen) atoms. The fourth-order valence-corrected chi connectivity index (χ4v) is 0.318. The molecular formula is C8H9NO2. The van der Waals surface area contributed by atoms with E-state index in [1.807, 2.05) is 0 Å². The van der Waals surface area contributed by atoms with Crippen LogP contribution in [0.25, 0.3) is 4.85 Å². The average molecular weight is 151 g/mol. The molecule has 0 aliphatic carbocycles. The van der Waals surface area contributed by atoms with E-state index in [0.29, 0.717) is 0 Å². The number of nitrogens with zero attached hydrogens (tertiary/aromatic N) is 1. The van der Waals surface area contributed by atoms with Gasteiger partial charge in [0.1, 0.15) is 6.61 Å². The number of esters is 1. The van der Waals surface area contributed by atoms with E-state index < -0.39 is 5.97 Å². The summed E-state index contributed by atoms with van der Waals surface area (Å²) in [5.74, 6) is -0.678. The minimum absolute atomic E-state index is 0.146. The largest absolute Gasteiger partial charge is 0.466 e. The van der Waals surface area contributed by atoms with Gasteiger partial charge in [-0.2, -0.15) is 0 Å². The van der Waals surface area contributed by atoms with Crippen molar-refractivity contribution in [3.8, 4) is 0 Å². The van der Waals surface area contributed by atoms with Crippen LogP contribution < -0.4 is 0 Å². The van der Waals surface area contributed by atoms with Crippen molar-refractivity contribution in [3.05, 3.63) is 35.8 Å². The molecule has 58 valence electrons. The molecule has 3 heteroatoms. The molecule has 0 atom stereocenters. The quantitative estimate of drug-likeness (QED) is 0.265. The molecule has 0 heterocycles. The maximum atomic E-state index is 10.7. The highest BCUT2D eigenvalue weighted by Crippen LogP contribution is 1.97. The van der Waals surface area contributed by atoms with Gasteiger partial charge in [0, 0.05) is 0 Å². The van der Waals surface area contributed by atoms with E-state index in [1.165, 1.54) is 0 Å². The van der Waals surface area contributed by atoms with Crippen LogP contribution in [0.1, 0.15) is 6.92 Å². The van der Waals surface area contributed by atoms with Crippen molar-refractivity contribution in [2.24, 2.45) is 0 Å². The summed E-state index contributed by atoms with van der Waals surface area (Å²) in [4.78, 5) is 13.5. The van der Waals surface area contributed by atoms with Gasteiger partial charge < -0.3 is 4.74 Å². The summed E-state index contributed by atoms with van der Waals surface area (Å²) in [5, 5.41) is 0. The van der Waals surface area contributed by atoms with Crippen LogP contribution in [0.2, 0.25) is 0 Å². The van der Waals surface area contributed by atoms with E-state index >= 15 is 0 Å². The van der Waals surface area contributed by atoms with Crippen molar-refractivity contribution in [1.29, 1.82) is 0 Å². The first-order chi connectivity index (χ1) is 5.07. The van der Waals surface area contributed by atoms with E-state index in [1.54, 1.807) is 6.92 Å². The minimum Gasteiger partial charge on any atom is -0.466 e. The Balaban J connectivity index is 3.82. The lowest BCUT2D eigenvalue weighted by molar-refractivity contribution is -0.137. The monoisotopic (exact) mass is 151 g/mol. The Kier molecular flexibility index (Phi) is 3.68. The molecule has 0 aliphatic rings. The smallest absolute Gasteiger partial charge is 0.335 e. The van der Waals surface area contributed by atoms with Gasteiger partial charge in [-0.3, -0.25) is 4.79 Å². The van der Waals surface area contributed by atoms with Crippen molar-refractivity contribution >= 4 is 5.97 Å². The van der Waals surface area contributed by atoms with Crippen LogP contribution in [0.3, 0.4) is 0 Å². The Hall–Kier alpha value is -1.56. The van der Waals surface area contributed by atoms with Crippen molar-refractivity contribution < 1.29 is 9.53 Å². The molecule has 0 unspecified atom stereocenters. The molecule has 0 aliphatic heterocycles. The van der Waals surface area contributed by atoms with Gasteiger partial charge in [0.15, 0.2) is 0 Å². The fraction of sp³-hybridized carbons (Fsp3) is 0.250. The molecule has 0 saturated carbocycles. The van der Waals surface area contributed by atoms with Gasteiger partial charge in [-0.15, -0.1) is 0 Å². The Morgan fingerprint density at radius 2 is 2.18 bits per heavy atom. The summed E-state index contributed by atoms with van der Waals surface area (Å²) < 4.78 is 4.60. The number of carbonyl (C=O) groups excluding carboxylic acids is 1. The van der Waals surface area contributed by atoms with Gasteiger partial charge in [0.25, 0.3) is 5.70 Å². The molecule has 0 N–H and O–H groups in total. The summed E-state index contributed by atoms with van der Waals surface area (Å²) in [6.45, 7) is 15.0. The highest BCUT2D eigenvalue weighted by molar-refractivity contribution is 5.89. The number of ether oxygens (including phenoxy) is 1. The Morgan fingerprint density at radius 3 is 2.55 bits per heavy atom. The first kappa shape index (κ1) is 9.44. The standard InChI is InChI=1S/C8H9NO2/c1-6(2)5-11-8(10)7(3)9-4/h1,3,5H2,2H3. The zero-order valence-electron chi connectivity index (χ0n) is 6.39. The second-order valence-electron chi connectivity index (χ2n) is 2.09. The highest BCUT2D eigenvalue weighted by atomic mass is 16.5. The van der Waals surface area contributed by atoms with Gasteiger partial charge in [0.2, 0.25) is 0 Å². The number of hydrogen-bond donors (Lipinski definition) is 0. The zero-order valence-corrected chi connectivity index (χ0v) is 6.39. The molecule has 0 radical (unpaired) electrons. The van der Waals surface area contributed by atoms with Gasteiger partial charge >= 0.3 is 5.97 Å². The summed E-state index contributed by atoms with van der Waals surface area (Å²) in [6, 6.07) is 0. The van der Waals surface area contributed by atoms with Gasteiger partial charge in [-0.25, -0.2) is 4.85 Å². The Bertz CT molecular complexity index is 235. The molecule has 3 nitrogen and oxygen atoms in total. The lowest BCUT2D eigenvalue weighted by Crippen LogP contribution is -2.06. The second-order valence-corrected chi connectivity index (χ2v) is 2.09. The average Bonchev–Trinajstić information content (AvgIpc) is 1.98. The molecular weight excluding hydrogens is 142 g/mol. The maximum absolute atomic E-state index is 10.7. The predicted molar refractivity (Wildman–Crippen MR) is 41.5 cm³/mol. The van der Waals surface area contributed by atoms with E-state index in [9.17, 15) is 4.79 Å².